The summed E-state index contributed by atoms with van der Waals surface area (Å²) in [4.78, 5) is 28.1. The second-order valence-electron chi connectivity index (χ2n) is 8.89. The summed E-state index contributed by atoms with van der Waals surface area (Å²) in [6, 6.07) is 15.9. The van der Waals surface area contributed by atoms with Gasteiger partial charge in [0.2, 0.25) is 5.91 Å². The van der Waals surface area contributed by atoms with Gasteiger partial charge < -0.3 is 25.3 Å². The lowest BCUT2D eigenvalue weighted by Gasteiger charge is -2.37. The fourth-order valence-electron chi connectivity index (χ4n) is 4.23. The Morgan fingerprint density at radius 1 is 0.865 bits per heavy atom. The second-order valence-corrected chi connectivity index (χ2v) is 8.89. The Morgan fingerprint density at radius 3 is 1.97 bits per heavy atom. The van der Waals surface area contributed by atoms with Crippen LogP contribution in [0.25, 0.3) is 0 Å². The predicted octanol–water partition coefficient (Wildman–Crippen LogP) is 5.18. The van der Waals surface area contributed by atoms with Crippen molar-refractivity contribution in [2.24, 2.45) is 0 Å². The highest BCUT2D eigenvalue weighted by atomic mass is 19.4. The summed E-state index contributed by atoms with van der Waals surface area (Å²) in [5, 5.41) is 22.0. The number of rotatable bonds is 6. The van der Waals surface area contributed by atoms with Crippen molar-refractivity contribution < 1.29 is 33.0 Å². The van der Waals surface area contributed by atoms with Crippen molar-refractivity contribution in [2.45, 2.75) is 19.0 Å². The van der Waals surface area contributed by atoms with Crippen LogP contribution in [0.1, 0.15) is 34.3 Å². The molecule has 194 valence electrons. The molecule has 1 atom stereocenters. The smallest absolute Gasteiger partial charge is 0.416 e. The molecule has 0 spiro atoms. The van der Waals surface area contributed by atoms with Gasteiger partial charge in [0.25, 0.3) is 0 Å². The van der Waals surface area contributed by atoms with Gasteiger partial charge in [0.1, 0.15) is 5.75 Å². The van der Waals surface area contributed by atoms with Crippen LogP contribution in [-0.4, -0.2) is 48.3 Å². The second kappa shape index (κ2) is 10.4. The molecule has 1 aliphatic rings. The number of nitrogens with zero attached hydrogens (tertiary/aromatic N) is 2. The molecule has 1 amide bonds. The van der Waals surface area contributed by atoms with Crippen LogP contribution < -0.4 is 15.1 Å². The summed E-state index contributed by atoms with van der Waals surface area (Å²) in [5.41, 5.74) is 1.93. The van der Waals surface area contributed by atoms with E-state index in [1.54, 1.807) is 37.3 Å². The number of piperazine rings is 1. The molecule has 3 aromatic carbocycles. The number of phenolic OH excluding ortho intramolecular Hbond substituents is 1. The summed E-state index contributed by atoms with van der Waals surface area (Å²) < 4.78 is 38.3. The first-order valence-corrected chi connectivity index (χ1v) is 11.7. The highest BCUT2D eigenvalue weighted by Crippen LogP contribution is 2.32. The van der Waals surface area contributed by atoms with E-state index in [-0.39, 0.29) is 17.0 Å². The topological polar surface area (TPSA) is 93.1 Å². The molecule has 1 unspecified atom stereocenters. The number of halogens is 3. The van der Waals surface area contributed by atoms with Crippen LogP contribution in [-0.2, 0) is 11.0 Å². The Balaban J connectivity index is 1.41. The number of amides is 1. The predicted molar refractivity (Wildman–Crippen MR) is 134 cm³/mol. The Labute approximate surface area is 211 Å². The molecule has 0 saturated carbocycles. The first-order valence-electron chi connectivity index (χ1n) is 11.7. The zero-order valence-corrected chi connectivity index (χ0v) is 20.0. The van der Waals surface area contributed by atoms with Crippen LogP contribution in [0.4, 0.5) is 30.2 Å². The minimum absolute atomic E-state index is 0.00775. The monoisotopic (exact) mass is 513 g/mol. The molecule has 1 fully saturated rings. The van der Waals surface area contributed by atoms with Gasteiger partial charge in [0.15, 0.2) is 0 Å². The number of carboxylic acids is 1. The fraction of sp³-hybridized carbons (Fsp3) is 0.259. The largest absolute Gasteiger partial charge is 0.508 e. The molecule has 0 bridgehead atoms. The number of carbonyl (C=O) groups is 2. The van der Waals surface area contributed by atoms with E-state index in [0.29, 0.717) is 31.7 Å². The molecule has 3 N–H and O–H groups in total. The number of hydrogen-bond acceptors (Lipinski definition) is 5. The van der Waals surface area contributed by atoms with Gasteiger partial charge >= 0.3 is 12.1 Å². The molecular weight excluding hydrogens is 487 g/mol. The van der Waals surface area contributed by atoms with Gasteiger partial charge in [-0.25, -0.2) is 4.79 Å². The minimum Gasteiger partial charge on any atom is -0.508 e. The molecule has 0 aromatic heterocycles. The first kappa shape index (κ1) is 25.9. The highest BCUT2D eigenvalue weighted by molar-refractivity contribution is 5.95. The molecule has 0 aliphatic carbocycles. The van der Waals surface area contributed by atoms with Crippen molar-refractivity contribution >= 4 is 28.9 Å². The molecule has 7 nitrogen and oxygen atoms in total. The van der Waals surface area contributed by atoms with Crippen molar-refractivity contribution in [1.82, 2.24) is 0 Å². The van der Waals surface area contributed by atoms with Crippen molar-refractivity contribution in [3.8, 4) is 5.75 Å². The first-order chi connectivity index (χ1) is 17.5. The van der Waals surface area contributed by atoms with Crippen molar-refractivity contribution in [1.29, 1.82) is 0 Å². The van der Waals surface area contributed by atoms with Gasteiger partial charge in [0, 0.05) is 49.3 Å². The van der Waals surface area contributed by atoms with Gasteiger partial charge in [-0.1, -0.05) is 0 Å². The van der Waals surface area contributed by atoms with E-state index in [1.807, 2.05) is 6.07 Å². The van der Waals surface area contributed by atoms with Gasteiger partial charge in [0.05, 0.1) is 17.0 Å². The molecule has 1 aliphatic heterocycles. The highest BCUT2D eigenvalue weighted by Gasteiger charge is 2.30. The maximum Gasteiger partial charge on any atom is 0.416 e. The van der Waals surface area contributed by atoms with Gasteiger partial charge in [-0.2, -0.15) is 13.2 Å². The lowest BCUT2D eigenvalue weighted by atomic mass is 9.98. The van der Waals surface area contributed by atoms with E-state index in [4.69, 9.17) is 5.11 Å². The van der Waals surface area contributed by atoms with E-state index in [9.17, 15) is 27.9 Å². The lowest BCUT2D eigenvalue weighted by molar-refractivity contribution is -0.137. The molecule has 37 heavy (non-hydrogen) atoms. The third-order valence-electron chi connectivity index (χ3n) is 6.42. The quantitative estimate of drug-likeness (QED) is 0.421. The number of aromatic carboxylic acids is 1. The Kier molecular flexibility index (Phi) is 7.28. The molecule has 1 saturated heterocycles. The fourth-order valence-corrected chi connectivity index (χ4v) is 4.23. The zero-order valence-electron chi connectivity index (χ0n) is 20.0. The number of phenols is 1. The number of alkyl halides is 3. The average molecular weight is 514 g/mol. The molecule has 4 rings (SSSR count). The number of carboxylic acid groups (broad SMARTS) is 1. The summed E-state index contributed by atoms with van der Waals surface area (Å²) in [6.45, 7) is 4.32. The van der Waals surface area contributed by atoms with Crippen LogP contribution in [0.5, 0.6) is 5.75 Å². The number of anilines is 3. The molecular formula is C27H26F3N3O4. The number of nitrogens with one attached hydrogen (secondary N) is 1. The summed E-state index contributed by atoms with van der Waals surface area (Å²) >= 11 is 0. The summed E-state index contributed by atoms with van der Waals surface area (Å²) in [7, 11) is 0. The molecule has 0 radical (unpaired) electrons. The van der Waals surface area contributed by atoms with E-state index in [1.165, 1.54) is 18.2 Å². The van der Waals surface area contributed by atoms with Gasteiger partial charge in [-0.15, -0.1) is 0 Å². The Hall–Kier alpha value is -4.21. The average Bonchev–Trinajstić information content (AvgIpc) is 2.88. The van der Waals surface area contributed by atoms with Crippen LogP contribution in [0.3, 0.4) is 0 Å². The van der Waals surface area contributed by atoms with Crippen molar-refractivity contribution in [3.05, 3.63) is 83.4 Å². The van der Waals surface area contributed by atoms with Crippen molar-refractivity contribution in [2.75, 3.05) is 41.3 Å². The van der Waals surface area contributed by atoms with E-state index >= 15 is 0 Å². The molecule has 3 aromatic rings. The van der Waals surface area contributed by atoms with Crippen LogP contribution in [0, 0.1) is 0 Å². The summed E-state index contributed by atoms with van der Waals surface area (Å²) in [6.07, 6.45) is -4.45. The zero-order chi connectivity index (χ0) is 26.7. The van der Waals surface area contributed by atoms with Crippen LogP contribution in [0.2, 0.25) is 0 Å². The molecule has 10 heteroatoms. The Morgan fingerprint density at radius 2 is 1.43 bits per heavy atom. The minimum atomic E-state index is -4.45. The third-order valence-corrected chi connectivity index (χ3v) is 6.42. The summed E-state index contributed by atoms with van der Waals surface area (Å²) in [5.74, 6) is -2.04. The number of aromatic hydroxyl groups is 1. The number of carbonyl (C=O) groups excluding carboxylic acids is 1. The number of benzene rings is 3. The normalized spacial score (nSPS) is 14.8. The lowest BCUT2D eigenvalue weighted by Crippen LogP contribution is -2.46. The molecule has 1 heterocycles. The van der Waals surface area contributed by atoms with E-state index in [2.05, 4.69) is 15.1 Å². The van der Waals surface area contributed by atoms with E-state index < -0.39 is 29.5 Å². The maximum atomic E-state index is 12.8. The van der Waals surface area contributed by atoms with E-state index in [0.717, 1.165) is 23.5 Å². The Bertz CT molecular complexity index is 1270. The van der Waals surface area contributed by atoms with Crippen molar-refractivity contribution in [3.63, 3.8) is 0 Å². The van der Waals surface area contributed by atoms with Crippen LogP contribution >= 0.6 is 0 Å². The van der Waals surface area contributed by atoms with Gasteiger partial charge in [-0.05, 0) is 73.2 Å². The standard InChI is InChI=1S/C27H26F3N3O4/c1-17(25(35)31-21-6-4-20(5-7-21)27(28,29)30)19-14-23(16-24(34)15-19)33-12-10-32(11-13-33)22-8-2-18(3-9-22)26(36)37/h2-9,14-17,34H,10-13H2,1H3,(H,31,35)(H,36,37). The van der Waals surface area contributed by atoms with Crippen LogP contribution in [0.15, 0.2) is 66.7 Å². The SMILES string of the molecule is CC(C(=O)Nc1ccc(C(F)(F)F)cc1)c1cc(O)cc(N2CCN(c3ccc(C(=O)O)cc3)CC2)c1. The third kappa shape index (κ3) is 6.14. The number of hydrogen-bond donors (Lipinski definition) is 3. The maximum absolute atomic E-state index is 12.8. The van der Waals surface area contributed by atoms with Gasteiger partial charge in [-0.3, -0.25) is 4.79 Å².